The number of ketones is 1. The molecule has 3 heterocycles. The van der Waals surface area contributed by atoms with Crippen LogP contribution in [-0.2, 0) is 64.4 Å². The van der Waals surface area contributed by atoms with Gasteiger partial charge in [0.15, 0.2) is 0 Å². The number of Topliss-reactive ketones (excluding diaryl/α,β-unsaturated/α-hetero) is 1. The molecular formula is C41H46O9. The Morgan fingerprint density at radius 1 is 0.620 bits per heavy atom. The largest absolute Gasteiger partial charge is 0.390 e. The van der Waals surface area contributed by atoms with Gasteiger partial charge in [-0.05, 0) is 22.3 Å². The lowest BCUT2D eigenvalue weighted by molar-refractivity contribution is -0.440. The molecule has 264 valence electrons. The second kappa shape index (κ2) is 17.4. The van der Waals surface area contributed by atoms with E-state index in [1.54, 1.807) is 0 Å². The normalized spacial score (nSPS) is 22.4. The molecule has 4 aromatic carbocycles. The van der Waals surface area contributed by atoms with Crippen molar-refractivity contribution in [1.29, 1.82) is 0 Å². The number of hydrogen-bond acceptors (Lipinski definition) is 9. The van der Waals surface area contributed by atoms with E-state index in [9.17, 15) is 9.90 Å². The number of carbonyl (C=O) groups excluding carboxylic acids is 1. The molecule has 0 saturated carbocycles. The first-order valence-corrected chi connectivity index (χ1v) is 17.1. The summed E-state index contributed by atoms with van der Waals surface area (Å²) >= 11 is 0. The van der Waals surface area contributed by atoms with Gasteiger partial charge in [0.05, 0.1) is 59.0 Å². The fraction of sp³-hybridized carbons (Fsp3) is 0.390. The molecule has 4 aromatic rings. The fourth-order valence-corrected chi connectivity index (χ4v) is 5.98. The Hall–Kier alpha value is -3.77. The molecule has 0 amide bonds. The minimum absolute atomic E-state index is 0.130. The van der Waals surface area contributed by atoms with Crippen LogP contribution < -0.4 is 0 Å². The van der Waals surface area contributed by atoms with Gasteiger partial charge in [0.1, 0.15) is 18.3 Å². The van der Waals surface area contributed by atoms with Crippen molar-refractivity contribution in [3.05, 3.63) is 144 Å². The summed E-state index contributed by atoms with van der Waals surface area (Å²) in [6, 6.07) is 39.1. The second-order valence-corrected chi connectivity index (χ2v) is 13.3. The highest BCUT2D eigenvalue weighted by atomic mass is 16.9. The predicted octanol–water partition coefficient (Wildman–Crippen LogP) is 6.02. The summed E-state index contributed by atoms with van der Waals surface area (Å²) in [6.45, 7) is 4.05. The van der Waals surface area contributed by atoms with Gasteiger partial charge in [-0.15, -0.1) is 0 Å². The lowest BCUT2D eigenvalue weighted by atomic mass is 9.90. The van der Waals surface area contributed by atoms with Gasteiger partial charge >= 0.3 is 5.97 Å². The Balaban J connectivity index is 1.29. The van der Waals surface area contributed by atoms with Gasteiger partial charge < -0.3 is 38.3 Å². The summed E-state index contributed by atoms with van der Waals surface area (Å²) in [6.07, 6.45) is -4.32. The summed E-state index contributed by atoms with van der Waals surface area (Å²) < 4.78 is 43.5. The van der Waals surface area contributed by atoms with Crippen molar-refractivity contribution in [1.82, 2.24) is 0 Å². The molecule has 9 nitrogen and oxygen atoms in total. The molecule has 3 fully saturated rings. The highest BCUT2D eigenvalue weighted by molar-refractivity contribution is 5.85. The van der Waals surface area contributed by atoms with E-state index >= 15 is 0 Å². The van der Waals surface area contributed by atoms with E-state index < -0.39 is 36.2 Å². The lowest BCUT2D eigenvalue weighted by Crippen LogP contribution is -2.63. The standard InChI is InChI=1S/C41H46O9/c1-40-28-48-41(49-29-40,50-30-40)37(43)22-35(42)38(46-25-33-18-10-4-11-19-33)39(47-26-34-20-12-5-13-21-34)36(45-24-32-16-8-3-9-17-32)27-44-23-31-14-6-2-7-15-31/h2-21,35-36,38-39,42H,22-30H2,1H3/t35-,36-,38-,39-,40?,41?/m1/s1. The van der Waals surface area contributed by atoms with Crippen molar-refractivity contribution >= 4 is 5.78 Å². The van der Waals surface area contributed by atoms with Crippen LogP contribution in [0.3, 0.4) is 0 Å². The van der Waals surface area contributed by atoms with Gasteiger partial charge in [0.25, 0.3) is 0 Å². The third kappa shape index (κ3) is 9.72. The maximum absolute atomic E-state index is 13.8. The molecule has 1 N–H and O–H groups in total. The molecule has 50 heavy (non-hydrogen) atoms. The van der Waals surface area contributed by atoms with Crippen molar-refractivity contribution < 1.29 is 43.1 Å². The molecule has 0 radical (unpaired) electrons. The van der Waals surface area contributed by atoms with E-state index in [1.807, 2.05) is 128 Å². The molecule has 2 bridgehead atoms. The van der Waals surface area contributed by atoms with Crippen molar-refractivity contribution in [3.8, 4) is 0 Å². The Kier molecular flexibility index (Phi) is 12.6. The SMILES string of the molecule is CC12COC(C(=O)C[C@@H](O)[C@@H](OCc3ccccc3)[C@H](OCc3ccccc3)[C@@H](COCc3ccccc3)OCc3ccccc3)(OC1)OC2. The predicted molar refractivity (Wildman–Crippen MR) is 185 cm³/mol. The molecule has 7 rings (SSSR count). The maximum atomic E-state index is 13.8. The third-order valence-electron chi connectivity index (χ3n) is 8.91. The molecule has 0 aromatic heterocycles. The zero-order valence-electron chi connectivity index (χ0n) is 28.4. The van der Waals surface area contributed by atoms with Crippen LogP contribution in [0.2, 0.25) is 0 Å². The smallest absolute Gasteiger partial charge is 0.346 e. The quantitative estimate of drug-likeness (QED) is 0.127. The topological polar surface area (TPSA) is 102 Å². The minimum atomic E-state index is -1.86. The summed E-state index contributed by atoms with van der Waals surface area (Å²) in [4.78, 5) is 13.8. The molecule has 4 atom stereocenters. The van der Waals surface area contributed by atoms with Crippen LogP contribution in [0.5, 0.6) is 0 Å². The molecule has 9 heteroatoms. The van der Waals surface area contributed by atoms with Gasteiger partial charge in [-0.25, -0.2) is 0 Å². The van der Waals surface area contributed by atoms with Crippen LogP contribution in [0, 0.1) is 5.41 Å². The Morgan fingerprint density at radius 3 is 1.48 bits per heavy atom. The minimum Gasteiger partial charge on any atom is -0.390 e. The number of carbonyl (C=O) groups is 1. The Labute approximate surface area is 294 Å². The summed E-state index contributed by atoms with van der Waals surface area (Å²) in [5.74, 6) is -2.38. The zero-order chi connectivity index (χ0) is 34.7. The second-order valence-electron chi connectivity index (χ2n) is 13.3. The third-order valence-corrected chi connectivity index (χ3v) is 8.91. The van der Waals surface area contributed by atoms with Gasteiger partial charge in [-0.2, -0.15) is 0 Å². The van der Waals surface area contributed by atoms with Crippen LogP contribution in [0.1, 0.15) is 35.6 Å². The van der Waals surface area contributed by atoms with Gasteiger partial charge in [0.2, 0.25) is 5.78 Å². The van der Waals surface area contributed by atoms with Crippen molar-refractivity contribution in [2.24, 2.45) is 5.41 Å². The molecular weight excluding hydrogens is 636 g/mol. The number of benzene rings is 4. The first kappa shape index (κ1) is 36.0. The number of hydrogen-bond donors (Lipinski definition) is 1. The monoisotopic (exact) mass is 682 g/mol. The highest BCUT2D eigenvalue weighted by Crippen LogP contribution is 2.39. The molecule has 0 unspecified atom stereocenters. The average Bonchev–Trinajstić information content (AvgIpc) is 3.16. The van der Waals surface area contributed by atoms with Crippen LogP contribution in [0.15, 0.2) is 121 Å². The lowest BCUT2D eigenvalue weighted by Gasteiger charge is -2.49. The number of ether oxygens (including phenoxy) is 7. The summed E-state index contributed by atoms with van der Waals surface area (Å²) in [5, 5.41) is 12.0. The highest BCUT2D eigenvalue weighted by Gasteiger charge is 2.56. The molecule has 3 aliphatic rings. The summed E-state index contributed by atoms with van der Waals surface area (Å²) in [7, 11) is 0. The van der Waals surface area contributed by atoms with Gasteiger partial charge in [-0.1, -0.05) is 128 Å². The molecule has 3 saturated heterocycles. The van der Waals surface area contributed by atoms with E-state index in [-0.39, 0.29) is 38.3 Å². The Bertz CT molecular complexity index is 1560. The first-order chi connectivity index (χ1) is 24.4. The van der Waals surface area contributed by atoms with E-state index in [0.717, 1.165) is 22.3 Å². The summed E-state index contributed by atoms with van der Waals surface area (Å²) in [5.41, 5.74) is 3.48. The Morgan fingerprint density at radius 2 is 1.02 bits per heavy atom. The van der Waals surface area contributed by atoms with E-state index in [2.05, 4.69) is 0 Å². The number of fused-ring (bicyclic) bond motifs is 3. The maximum Gasteiger partial charge on any atom is 0.346 e. The average molecular weight is 683 g/mol. The molecule has 0 aliphatic carbocycles. The van der Waals surface area contributed by atoms with E-state index in [0.29, 0.717) is 26.4 Å². The van der Waals surface area contributed by atoms with Crippen LogP contribution in [0.4, 0.5) is 0 Å². The van der Waals surface area contributed by atoms with Crippen LogP contribution >= 0.6 is 0 Å². The number of aliphatic hydroxyl groups excluding tert-OH is 1. The van der Waals surface area contributed by atoms with Crippen molar-refractivity contribution in [3.63, 3.8) is 0 Å². The first-order valence-electron chi connectivity index (χ1n) is 17.1. The number of aliphatic hydroxyl groups is 1. The van der Waals surface area contributed by atoms with Crippen molar-refractivity contribution in [2.75, 3.05) is 26.4 Å². The fourth-order valence-electron chi connectivity index (χ4n) is 5.98. The van der Waals surface area contributed by atoms with Gasteiger partial charge in [-0.3, -0.25) is 4.79 Å². The van der Waals surface area contributed by atoms with Crippen LogP contribution in [-0.4, -0.2) is 67.7 Å². The van der Waals surface area contributed by atoms with Gasteiger partial charge in [0, 0.05) is 11.8 Å². The number of rotatable bonds is 19. The van der Waals surface area contributed by atoms with Crippen LogP contribution in [0.25, 0.3) is 0 Å². The van der Waals surface area contributed by atoms with E-state index in [1.165, 1.54) is 0 Å². The zero-order valence-corrected chi connectivity index (χ0v) is 28.4. The molecule has 3 aliphatic heterocycles. The molecule has 0 spiro atoms. The van der Waals surface area contributed by atoms with E-state index in [4.69, 9.17) is 33.2 Å². The van der Waals surface area contributed by atoms with Crippen molar-refractivity contribution in [2.45, 2.75) is 70.2 Å².